The summed E-state index contributed by atoms with van der Waals surface area (Å²) in [6.45, 7) is 3.70. The van der Waals surface area contributed by atoms with Gasteiger partial charge in [-0.25, -0.2) is 9.37 Å². The number of hydrogen-bond donors (Lipinski definition) is 3. The highest BCUT2D eigenvalue weighted by atomic mass is 19.1. The Morgan fingerprint density at radius 2 is 1.64 bits per heavy atom. The highest BCUT2D eigenvalue weighted by molar-refractivity contribution is 5.98. The number of aliphatic hydroxyl groups excluding tert-OH is 1. The quantitative estimate of drug-likeness (QED) is 0.404. The molecule has 0 aliphatic heterocycles. The molecular formula is C26H26FN3O3. The first-order chi connectivity index (χ1) is 15.9. The number of aromatic nitrogens is 2. The Labute approximate surface area is 191 Å². The zero-order valence-electron chi connectivity index (χ0n) is 18.5. The second kappa shape index (κ2) is 9.13. The molecule has 3 aromatic carbocycles. The fourth-order valence-corrected chi connectivity index (χ4v) is 4.06. The molecule has 0 saturated heterocycles. The van der Waals surface area contributed by atoms with Gasteiger partial charge in [0.15, 0.2) is 17.2 Å². The predicted octanol–water partition coefficient (Wildman–Crippen LogP) is 3.59. The largest absolute Gasteiger partial charge is 0.392 e. The minimum Gasteiger partial charge on any atom is -0.392 e. The molecule has 0 aliphatic rings. The topological polar surface area (TPSA) is 87.4 Å². The van der Waals surface area contributed by atoms with Crippen LogP contribution in [0.2, 0.25) is 0 Å². The molecule has 170 valence electrons. The molecule has 0 radical (unpaired) electrons. The molecule has 6 nitrogen and oxygen atoms in total. The van der Waals surface area contributed by atoms with Crippen LogP contribution in [0.25, 0.3) is 11.0 Å². The van der Waals surface area contributed by atoms with E-state index in [1.165, 1.54) is 13.0 Å². The Bertz CT molecular complexity index is 1230. The third kappa shape index (κ3) is 4.01. The van der Waals surface area contributed by atoms with Gasteiger partial charge in [0.2, 0.25) is 0 Å². The molecule has 0 saturated carbocycles. The fourth-order valence-electron chi connectivity index (χ4n) is 4.06. The Morgan fingerprint density at radius 1 is 1.06 bits per heavy atom. The second-order valence-electron chi connectivity index (χ2n) is 7.98. The Balaban J connectivity index is 1.94. The van der Waals surface area contributed by atoms with Crippen molar-refractivity contribution in [3.63, 3.8) is 0 Å². The highest BCUT2D eigenvalue weighted by Gasteiger charge is 2.39. The predicted molar refractivity (Wildman–Crippen MR) is 124 cm³/mol. The van der Waals surface area contributed by atoms with Gasteiger partial charge in [-0.1, -0.05) is 60.7 Å². The summed E-state index contributed by atoms with van der Waals surface area (Å²) in [5.41, 5.74) is -0.122. The summed E-state index contributed by atoms with van der Waals surface area (Å²) in [6.07, 6.45) is -0.750. The molecule has 3 N–H and O–H groups in total. The van der Waals surface area contributed by atoms with Gasteiger partial charge in [0.25, 0.3) is 5.91 Å². The van der Waals surface area contributed by atoms with Crippen molar-refractivity contribution in [2.75, 3.05) is 6.54 Å². The molecule has 0 spiro atoms. The van der Waals surface area contributed by atoms with Crippen LogP contribution >= 0.6 is 0 Å². The van der Waals surface area contributed by atoms with E-state index in [0.29, 0.717) is 23.2 Å². The van der Waals surface area contributed by atoms with Crippen LogP contribution in [0, 0.1) is 5.82 Å². The van der Waals surface area contributed by atoms with Crippen LogP contribution in [0.5, 0.6) is 0 Å². The maximum Gasteiger partial charge on any atom is 0.254 e. The minimum atomic E-state index is -1.64. The number of fused-ring (bicyclic) bond motifs is 1. The van der Waals surface area contributed by atoms with E-state index < -0.39 is 23.4 Å². The van der Waals surface area contributed by atoms with Crippen molar-refractivity contribution in [3.8, 4) is 0 Å². The summed E-state index contributed by atoms with van der Waals surface area (Å²) in [7, 11) is 0. The van der Waals surface area contributed by atoms with Crippen molar-refractivity contribution in [2.45, 2.75) is 32.1 Å². The van der Waals surface area contributed by atoms with Gasteiger partial charge in [-0.2, -0.15) is 0 Å². The van der Waals surface area contributed by atoms with E-state index in [0.717, 1.165) is 0 Å². The minimum absolute atomic E-state index is 0.0103. The van der Waals surface area contributed by atoms with Crippen LogP contribution in [0.3, 0.4) is 0 Å². The number of hydrogen-bond acceptors (Lipinski definition) is 4. The smallest absolute Gasteiger partial charge is 0.254 e. The number of nitrogens with zero attached hydrogens (tertiary/aromatic N) is 2. The maximum absolute atomic E-state index is 15.6. The second-order valence-corrected chi connectivity index (χ2v) is 7.98. The number of halogens is 1. The summed E-state index contributed by atoms with van der Waals surface area (Å²) in [5, 5.41) is 24.1. The zero-order chi connectivity index (χ0) is 23.6. The third-order valence-electron chi connectivity index (χ3n) is 5.67. The van der Waals surface area contributed by atoms with Crippen LogP contribution in [-0.4, -0.2) is 38.3 Å². The Morgan fingerprint density at radius 3 is 2.15 bits per heavy atom. The van der Waals surface area contributed by atoms with Gasteiger partial charge in [-0.15, -0.1) is 0 Å². The van der Waals surface area contributed by atoms with Crippen molar-refractivity contribution in [1.82, 2.24) is 14.9 Å². The van der Waals surface area contributed by atoms with Gasteiger partial charge >= 0.3 is 0 Å². The van der Waals surface area contributed by atoms with Crippen molar-refractivity contribution in [3.05, 3.63) is 101 Å². The number of aliphatic hydroxyl groups is 2. The van der Waals surface area contributed by atoms with Gasteiger partial charge < -0.3 is 20.1 Å². The summed E-state index contributed by atoms with van der Waals surface area (Å²) < 4.78 is 17.2. The van der Waals surface area contributed by atoms with E-state index in [-0.39, 0.29) is 23.4 Å². The number of carbonyl (C=O) groups excluding carboxylic acids is 1. The molecule has 1 heterocycles. The number of carbonyl (C=O) groups is 1. The van der Waals surface area contributed by atoms with Gasteiger partial charge in [-0.05, 0) is 37.1 Å². The zero-order valence-corrected chi connectivity index (χ0v) is 18.5. The van der Waals surface area contributed by atoms with Crippen molar-refractivity contribution in [2.24, 2.45) is 0 Å². The summed E-state index contributed by atoms with van der Waals surface area (Å²) >= 11 is 0. The van der Waals surface area contributed by atoms with Gasteiger partial charge in [0.1, 0.15) is 5.52 Å². The van der Waals surface area contributed by atoms with E-state index in [9.17, 15) is 15.0 Å². The first-order valence-corrected chi connectivity index (χ1v) is 10.9. The molecule has 4 aromatic rings. The van der Waals surface area contributed by atoms with Crippen molar-refractivity contribution < 1.29 is 19.4 Å². The molecule has 0 fully saturated rings. The molecule has 7 heteroatoms. The first-order valence-electron chi connectivity index (χ1n) is 10.9. The van der Waals surface area contributed by atoms with Gasteiger partial charge in [0.05, 0.1) is 17.2 Å². The molecule has 1 atom stereocenters. The van der Waals surface area contributed by atoms with Crippen LogP contribution in [0.15, 0.2) is 72.8 Å². The van der Waals surface area contributed by atoms with Crippen molar-refractivity contribution in [1.29, 1.82) is 0 Å². The third-order valence-corrected chi connectivity index (χ3v) is 5.67. The van der Waals surface area contributed by atoms with Crippen LogP contribution < -0.4 is 5.32 Å². The molecular weight excluding hydrogens is 421 g/mol. The lowest BCUT2D eigenvalue weighted by atomic mass is 9.85. The van der Waals surface area contributed by atoms with Gasteiger partial charge in [0, 0.05) is 13.1 Å². The van der Waals surface area contributed by atoms with E-state index >= 15 is 4.39 Å². The van der Waals surface area contributed by atoms with Crippen LogP contribution in [-0.2, 0) is 12.1 Å². The number of nitrogens with one attached hydrogen (secondary N) is 1. The molecule has 33 heavy (non-hydrogen) atoms. The van der Waals surface area contributed by atoms with Crippen LogP contribution in [0.4, 0.5) is 4.39 Å². The summed E-state index contributed by atoms with van der Waals surface area (Å²) in [5.74, 6) is -1.08. The van der Waals surface area contributed by atoms with Crippen molar-refractivity contribution >= 4 is 16.9 Å². The van der Waals surface area contributed by atoms with Crippen LogP contribution in [0.1, 0.15) is 41.2 Å². The number of rotatable bonds is 7. The molecule has 1 amide bonds. The van der Waals surface area contributed by atoms with Gasteiger partial charge in [-0.3, -0.25) is 4.79 Å². The lowest BCUT2D eigenvalue weighted by molar-refractivity contribution is 0.0920. The normalized spacial score (nSPS) is 12.6. The average Bonchev–Trinajstić information content (AvgIpc) is 3.23. The van der Waals surface area contributed by atoms with E-state index in [1.54, 1.807) is 34.9 Å². The first kappa shape index (κ1) is 22.6. The van der Waals surface area contributed by atoms with E-state index in [2.05, 4.69) is 10.3 Å². The average molecular weight is 448 g/mol. The SMILES string of the molecule is CCn1c(C(O)(c2ccccc2)c2ccccc2)nc2ccc(C(=O)NC[C@H](C)O)c(F)c21. The number of aryl methyl sites for hydroxylation is 1. The monoisotopic (exact) mass is 447 g/mol. The molecule has 0 aliphatic carbocycles. The molecule has 4 rings (SSSR count). The number of benzene rings is 3. The standard InChI is InChI=1S/C26H26FN3O3/c1-3-30-23-21(15-14-20(22(23)27)24(32)28-16-17(2)31)29-25(30)26(33,18-10-6-4-7-11-18)19-12-8-5-9-13-19/h4-15,17,31,33H,3,16H2,1-2H3,(H,28,32)/t17-/m0/s1. The lowest BCUT2D eigenvalue weighted by Crippen LogP contribution is -2.33. The Hall–Kier alpha value is -3.55. The molecule has 0 bridgehead atoms. The highest BCUT2D eigenvalue weighted by Crippen LogP contribution is 2.38. The number of imidazole rings is 1. The van der Waals surface area contributed by atoms with E-state index in [4.69, 9.17) is 0 Å². The summed E-state index contributed by atoms with van der Waals surface area (Å²) in [6, 6.07) is 21.2. The maximum atomic E-state index is 15.6. The molecule has 1 aromatic heterocycles. The fraction of sp³-hybridized carbons (Fsp3) is 0.231. The van der Waals surface area contributed by atoms with E-state index in [1.807, 2.05) is 43.3 Å². The Kier molecular flexibility index (Phi) is 6.26. The summed E-state index contributed by atoms with van der Waals surface area (Å²) in [4.78, 5) is 17.2. The number of amides is 1. The molecule has 0 unspecified atom stereocenters. The lowest BCUT2D eigenvalue weighted by Gasteiger charge is -2.29.